The van der Waals surface area contributed by atoms with Crippen molar-refractivity contribution in [1.29, 1.82) is 0 Å². The van der Waals surface area contributed by atoms with Gasteiger partial charge in [-0.3, -0.25) is 0 Å². The summed E-state index contributed by atoms with van der Waals surface area (Å²) < 4.78 is 2.32. The van der Waals surface area contributed by atoms with Crippen molar-refractivity contribution in [2.45, 2.75) is 63.8 Å². The minimum Gasteiger partial charge on any atom is -0.396 e. The molecule has 0 spiro atoms. The second-order valence-electron chi connectivity index (χ2n) is 5.98. The Hall–Kier alpha value is -0.900. The number of rotatable bonds is 3. The van der Waals surface area contributed by atoms with Gasteiger partial charge in [-0.05, 0) is 25.7 Å². The highest BCUT2D eigenvalue weighted by atomic mass is 16.3. The van der Waals surface area contributed by atoms with Crippen LogP contribution in [0.25, 0.3) is 0 Å². The van der Waals surface area contributed by atoms with Crippen LogP contribution in [0, 0.1) is 5.92 Å². The van der Waals surface area contributed by atoms with Gasteiger partial charge in [-0.25, -0.2) is 0 Å². The molecule has 0 aromatic carbocycles. The molecule has 1 aliphatic heterocycles. The summed E-state index contributed by atoms with van der Waals surface area (Å²) in [5.41, 5.74) is 0.266. The zero-order valence-electron chi connectivity index (χ0n) is 11.2. The molecule has 0 bridgehead atoms. The summed E-state index contributed by atoms with van der Waals surface area (Å²) in [6, 6.07) is 0. The third-order valence-corrected chi connectivity index (χ3v) is 5.01. The van der Waals surface area contributed by atoms with Gasteiger partial charge in [-0.2, -0.15) is 0 Å². The van der Waals surface area contributed by atoms with Gasteiger partial charge in [0.1, 0.15) is 11.6 Å². The maximum atomic E-state index is 9.38. The second-order valence-corrected chi connectivity index (χ2v) is 5.98. The summed E-state index contributed by atoms with van der Waals surface area (Å²) in [7, 11) is 0. The number of fused-ring (bicyclic) bond motifs is 1. The van der Waals surface area contributed by atoms with Gasteiger partial charge in [0.15, 0.2) is 0 Å². The van der Waals surface area contributed by atoms with E-state index in [4.69, 9.17) is 0 Å². The van der Waals surface area contributed by atoms with Crippen molar-refractivity contribution in [1.82, 2.24) is 14.8 Å². The predicted molar refractivity (Wildman–Crippen MR) is 69.4 cm³/mol. The van der Waals surface area contributed by atoms with E-state index in [0.29, 0.717) is 5.92 Å². The van der Waals surface area contributed by atoms with Gasteiger partial charge in [0, 0.05) is 30.9 Å². The lowest BCUT2D eigenvalue weighted by molar-refractivity contribution is 0.186. The molecule has 1 saturated carbocycles. The van der Waals surface area contributed by atoms with Crippen molar-refractivity contribution < 1.29 is 5.11 Å². The first-order valence-electron chi connectivity index (χ1n) is 7.32. The standard InChI is InChI=1S/C14H23N3O/c1-2-14(7-3-4-8-14)13-16-15-12-6-5-11(10-18)9-17(12)13/h11,18H,2-10H2,1H3. The lowest BCUT2D eigenvalue weighted by Gasteiger charge is -2.30. The SMILES string of the molecule is CCC1(c2nnc3n2CC(CO)CC3)CCCC1. The van der Waals surface area contributed by atoms with Crippen molar-refractivity contribution in [2.24, 2.45) is 5.92 Å². The molecule has 18 heavy (non-hydrogen) atoms. The predicted octanol–water partition coefficient (Wildman–Crippen LogP) is 2.05. The Kier molecular flexibility index (Phi) is 3.14. The average molecular weight is 249 g/mol. The van der Waals surface area contributed by atoms with Crippen molar-refractivity contribution in [3.8, 4) is 0 Å². The fourth-order valence-corrected chi connectivity index (χ4v) is 3.72. The van der Waals surface area contributed by atoms with Crippen LogP contribution in [0.3, 0.4) is 0 Å². The zero-order valence-corrected chi connectivity index (χ0v) is 11.2. The molecule has 1 atom stereocenters. The van der Waals surface area contributed by atoms with Crippen molar-refractivity contribution >= 4 is 0 Å². The summed E-state index contributed by atoms with van der Waals surface area (Å²) >= 11 is 0. The molecule has 1 unspecified atom stereocenters. The number of aryl methyl sites for hydroxylation is 1. The maximum Gasteiger partial charge on any atom is 0.139 e. The van der Waals surface area contributed by atoms with Crippen LogP contribution in [0.4, 0.5) is 0 Å². The number of aliphatic hydroxyl groups is 1. The van der Waals surface area contributed by atoms with Gasteiger partial charge in [0.05, 0.1) is 0 Å². The van der Waals surface area contributed by atoms with E-state index >= 15 is 0 Å². The molecule has 0 amide bonds. The van der Waals surface area contributed by atoms with E-state index < -0.39 is 0 Å². The molecule has 0 saturated heterocycles. The fourth-order valence-electron chi connectivity index (χ4n) is 3.72. The van der Waals surface area contributed by atoms with Gasteiger partial charge in [0.2, 0.25) is 0 Å². The molecule has 4 heteroatoms. The molecule has 2 aliphatic rings. The van der Waals surface area contributed by atoms with E-state index in [9.17, 15) is 5.11 Å². The molecule has 0 radical (unpaired) electrons. The highest BCUT2D eigenvalue weighted by Crippen LogP contribution is 2.43. The normalized spacial score (nSPS) is 26.2. The molecule has 4 nitrogen and oxygen atoms in total. The lowest BCUT2D eigenvalue weighted by atomic mass is 9.82. The molecule has 1 aromatic rings. The van der Waals surface area contributed by atoms with Gasteiger partial charge >= 0.3 is 0 Å². The Balaban J connectivity index is 1.96. The third-order valence-electron chi connectivity index (χ3n) is 5.01. The van der Waals surface area contributed by atoms with E-state index in [2.05, 4.69) is 21.7 Å². The second kappa shape index (κ2) is 4.65. The summed E-state index contributed by atoms with van der Waals surface area (Å²) in [5.74, 6) is 2.73. The fraction of sp³-hybridized carbons (Fsp3) is 0.857. The lowest BCUT2D eigenvalue weighted by Crippen LogP contribution is -2.31. The van der Waals surface area contributed by atoms with Crippen LogP contribution < -0.4 is 0 Å². The van der Waals surface area contributed by atoms with Crippen LogP contribution in [0.2, 0.25) is 0 Å². The molecule has 2 heterocycles. The highest BCUT2D eigenvalue weighted by molar-refractivity contribution is 5.14. The average Bonchev–Trinajstić information content (AvgIpc) is 3.04. The van der Waals surface area contributed by atoms with Crippen LogP contribution in [0.5, 0.6) is 0 Å². The van der Waals surface area contributed by atoms with Crippen molar-refractivity contribution in [3.63, 3.8) is 0 Å². The maximum absolute atomic E-state index is 9.38. The van der Waals surface area contributed by atoms with Gasteiger partial charge in [0.25, 0.3) is 0 Å². The smallest absolute Gasteiger partial charge is 0.139 e. The van der Waals surface area contributed by atoms with E-state index in [0.717, 1.165) is 31.6 Å². The van der Waals surface area contributed by atoms with Crippen LogP contribution in [-0.4, -0.2) is 26.5 Å². The molecule has 1 N–H and O–H groups in total. The minimum atomic E-state index is 0.266. The van der Waals surface area contributed by atoms with Crippen molar-refractivity contribution in [2.75, 3.05) is 6.61 Å². The number of hydrogen-bond acceptors (Lipinski definition) is 3. The number of nitrogens with zero attached hydrogens (tertiary/aromatic N) is 3. The zero-order chi connectivity index (χ0) is 12.6. The Labute approximate surface area is 108 Å². The first-order chi connectivity index (χ1) is 8.79. The van der Waals surface area contributed by atoms with Crippen LogP contribution in [0.1, 0.15) is 57.1 Å². The Morgan fingerprint density at radius 3 is 2.78 bits per heavy atom. The molecule has 3 rings (SSSR count). The molecule has 1 fully saturated rings. The Bertz CT molecular complexity index is 421. The highest BCUT2D eigenvalue weighted by Gasteiger charge is 2.39. The van der Waals surface area contributed by atoms with Crippen LogP contribution in [0.15, 0.2) is 0 Å². The van der Waals surface area contributed by atoms with E-state index in [1.807, 2.05) is 0 Å². The van der Waals surface area contributed by atoms with Crippen LogP contribution >= 0.6 is 0 Å². The Morgan fingerprint density at radius 2 is 2.11 bits per heavy atom. The summed E-state index contributed by atoms with van der Waals surface area (Å²) in [4.78, 5) is 0. The minimum absolute atomic E-state index is 0.266. The molecule has 1 aliphatic carbocycles. The third kappa shape index (κ3) is 1.78. The van der Waals surface area contributed by atoms with Gasteiger partial charge in [-0.15, -0.1) is 10.2 Å². The topological polar surface area (TPSA) is 50.9 Å². The number of hydrogen-bond donors (Lipinski definition) is 1. The van der Waals surface area contributed by atoms with Crippen LogP contribution in [-0.2, 0) is 18.4 Å². The summed E-state index contributed by atoms with van der Waals surface area (Å²) in [6.45, 7) is 3.48. The van der Waals surface area contributed by atoms with Crippen molar-refractivity contribution in [3.05, 3.63) is 11.6 Å². The van der Waals surface area contributed by atoms with E-state index in [-0.39, 0.29) is 12.0 Å². The molecular formula is C14H23N3O. The number of aromatic nitrogens is 3. The van der Waals surface area contributed by atoms with E-state index in [1.165, 1.54) is 31.5 Å². The van der Waals surface area contributed by atoms with Gasteiger partial charge < -0.3 is 9.67 Å². The number of aliphatic hydroxyl groups excluding tert-OH is 1. The van der Waals surface area contributed by atoms with Gasteiger partial charge in [-0.1, -0.05) is 19.8 Å². The molecule has 1 aromatic heterocycles. The first-order valence-corrected chi connectivity index (χ1v) is 7.32. The van der Waals surface area contributed by atoms with E-state index in [1.54, 1.807) is 0 Å². The Morgan fingerprint density at radius 1 is 1.33 bits per heavy atom. The summed E-state index contributed by atoms with van der Waals surface area (Å²) in [6.07, 6.45) is 8.33. The quantitative estimate of drug-likeness (QED) is 0.892. The first kappa shape index (κ1) is 12.2. The summed E-state index contributed by atoms with van der Waals surface area (Å²) in [5, 5.41) is 18.3. The molecular weight excluding hydrogens is 226 g/mol. The monoisotopic (exact) mass is 249 g/mol. The largest absolute Gasteiger partial charge is 0.396 e. The molecule has 100 valence electrons.